The first-order valence-corrected chi connectivity index (χ1v) is 2.58. The minimum absolute atomic E-state index is 0.0125. The van der Waals surface area contributed by atoms with E-state index in [1.807, 2.05) is 0 Å². The van der Waals surface area contributed by atoms with Gasteiger partial charge in [-0.15, -0.1) is 9.12 Å². The molecule has 0 radical (unpaired) electrons. The Balaban J connectivity index is 3.04. The molecule has 0 spiro atoms. The molecule has 5 heteroatoms. The number of nitrogens with zero attached hydrogens (tertiary/aromatic N) is 2. The fourth-order valence-electron chi connectivity index (χ4n) is 0.505. The third kappa shape index (κ3) is 1.19. The molecular weight excluding hydrogens is 139 g/mol. The molecule has 0 aliphatic carbocycles. The Morgan fingerprint density at radius 3 is 3.00 bits per heavy atom. The van der Waals surface area contributed by atoms with Crippen molar-refractivity contribution in [2.75, 3.05) is 0 Å². The topological polar surface area (TPSA) is 60.1 Å². The minimum atomic E-state index is -0.975. The number of aliphatic hydroxyl groups excluding tert-OH is 1. The van der Waals surface area contributed by atoms with Crippen molar-refractivity contribution in [3.05, 3.63) is 29.2 Å². The highest BCUT2D eigenvalue weighted by Crippen LogP contribution is 1.89. The van der Waals surface area contributed by atoms with Crippen LogP contribution in [0.25, 0.3) is 0 Å². The molecule has 0 fully saturated rings. The highest BCUT2D eigenvalue weighted by atomic mass is 19.1. The van der Waals surface area contributed by atoms with Crippen LogP contribution >= 0.6 is 0 Å². The molecule has 0 amide bonds. The first-order valence-electron chi connectivity index (χ1n) is 2.58. The number of aliphatic hydroxyl groups is 1. The predicted octanol–water partition coefficient (Wildman–Crippen LogP) is -0.654. The maximum Gasteiger partial charge on any atom is 0.389 e. The lowest BCUT2D eigenvalue weighted by atomic mass is 10.5. The van der Waals surface area contributed by atoms with E-state index >= 15 is 0 Å². The van der Waals surface area contributed by atoms with Crippen molar-refractivity contribution in [2.45, 2.75) is 6.61 Å². The van der Waals surface area contributed by atoms with Gasteiger partial charge in [0.05, 0.1) is 6.61 Å². The first kappa shape index (κ1) is 6.88. The summed E-state index contributed by atoms with van der Waals surface area (Å²) in [6.45, 7) is -0.359. The lowest BCUT2D eigenvalue weighted by Crippen LogP contribution is -2.31. The van der Waals surface area contributed by atoms with Crippen LogP contribution in [0.15, 0.2) is 12.4 Å². The van der Waals surface area contributed by atoms with Crippen molar-refractivity contribution in [1.82, 2.24) is 4.98 Å². The van der Waals surface area contributed by atoms with Crippen molar-refractivity contribution in [3.8, 4) is 0 Å². The average Bonchev–Trinajstić information content (AvgIpc) is 1.95. The Kier molecular flexibility index (Phi) is 1.77. The second-order valence-corrected chi connectivity index (χ2v) is 1.69. The second kappa shape index (κ2) is 2.57. The van der Waals surface area contributed by atoms with E-state index in [1.165, 1.54) is 0 Å². The number of rotatable bonds is 1. The molecule has 0 unspecified atom stereocenters. The number of aromatic nitrogens is 2. The lowest BCUT2D eigenvalue weighted by molar-refractivity contribution is -0.638. The number of hydrogen-bond donors (Lipinski definition) is 1. The van der Waals surface area contributed by atoms with Crippen molar-refractivity contribution < 1.29 is 14.2 Å². The maximum atomic E-state index is 12.1. The summed E-state index contributed by atoms with van der Waals surface area (Å²) < 4.78 is 12.2. The van der Waals surface area contributed by atoms with Gasteiger partial charge in [0.25, 0.3) is 0 Å². The molecule has 0 aromatic carbocycles. The molecule has 0 bridgehead atoms. The Hall–Kier alpha value is -1.23. The molecule has 10 heavy (non-hydrogen) atoms. The van der Waals surface area contributed by atoms with E-state index in [2.05, 4.69) is 4.98 Å². The molecule has 1 heterocycles. The van der Waals surface area contributed by atoms with Crippen LogP contribution in [0.2, 0.25) is 0 Å². The Morgan fingerprint density at radius 2 is 2.50 bits per heavy atom. The molecule has 1 N–H and O–H groups in total. The molecule has 0 aliphatic rings. The molecule has 0 saturated heterocycles. The van der Waals surface area contributed by atoms with E-state index in [0.717, 1.165) is 12.4 Å². The second-order valence-electron chi connectivity index (χ2n) is 1.69. The van der Waals surface area contributed by atoms with Crippen LogP contribution in [-0.2, 0) is 6.61 Å². The van der Waals surface area contributed by atoms with E-state index < -0.39 is 5.95 Å². The van der Waals surface area contributed by atoms with Crippen LogP contribution in [-0.4, -0.2) is 10.1 Å². The Morgan fingerprint density at radius 1 is 1.80 bits per heavy atom. The smallest absolute Gasteiger partial charge is 0.389 e. The van der Waals surface area contributed by atoms with Crippen molar-refractivity contribution in [1.29, 1.82) is 0 Å². The molecule has 1 aromatic rings. The SMILES string of the molecule is [O-][n+]1cc(CO)ncc1F. The van der Waals surface area contributed by atoms with Gasteiger partial charge < -0.3 is 10.3 Å². The van der Waals surface area contributed by atoms with E-state index in [9.17, 15) is 9.60 Å². The lowest BCUT2D eigenvalue weighted by Gasteiger charge is -1.96. The summed E-state index contributed by atoms with van der Waals surface area (Å²) in [5, 5.41) is 18.8. The van der Waals surface area contributed by atoms with Crippen LogP contribution in [0.3, 0.4) is 0 Å². The standard InChI is InChI=1S/C5H5FN2O2/c6-5-1-7-4(3-9)2-8(5)10/h1-2,9H,3H2. The minimum Gasteiger partial charge on any atom is -0.617 e. The summed E-state index contributed by atoms with van der Waals surface area (Å²) in [5.74, 6) is -0.975. The van der Waals surface area contributed by atoms with E-state index in [-0.39, 0.29) is 17.0 Å². The summed E-state index contributed by atoms with van der Waals surface area (Å²) in [4.78, 5) is 3.41. The third-order valence-electron chi connectivity index (χ3n) is 0.976. The van der Waals surface area contributed by atoms with Gasteiger partial charge in [-0.2, -0.15) is 0 Å². The van der Waals surface area contributed by atoms with Gasteiger partial charge in [0.2, 0.25) is 6.20 Å². The number of halogens is 1. The van der Waals surface area contributed by atoms with Gasteiger partial charge >= 0.3 is 5.95 Å². The molecule has 54 valence electrons. The zero-order valence-electron chi connectivity index (χ0n) is 4.99. The van der Waals surface area contributed by atoms with Gasteiger partial charge in [-0.1, -0.05) is 0 Å². The number of hydrogen-bond acceptors (Lipinski definition) is 3. The fraction of sp³-hybridized carbons (Fsp3) is 0.200. The van der Waals surface area contributed by atoms with Crippen molar-refractivity contribution >= 4 is 0 Å². The molecular formula is C5H5FN2O2. The first-order chi connectivity index (χ1) is 4.74. The highest BCUT2D eigenvalue weighted by molar-refractivity contribution is 4.87. The van der Waals surface area contributed by atoms with Gasteiger partial charge in [-0.3, -0.25) is 0 Å². The normalized spacial score (nSPS) is 9.80. The van der Waals surface area contributed by atoms with Crippen LogP contribution in [0.1, 0.15) is 5.69 Å². The molecule has 1 rings (SSSR count). The maximum absolute atomic E-state index is 12.1. The molecule has 0 saturated carbocycles. The van der Waals surface area contributed by atoms with Gasteiger partial charge in [-0.05, 0) is 0 Å². The Labute approximate surface area is 56.2 Å². The van der Waals surface area contributed by atoms with E-state index in [4.69, 9.17) is 5.11 Å². The quantitative estimate of drug-likeness (QED) is 0.420. The highest BCUT2D eigenvalue weighted by Gasteiger charge is 2.03. The summed E-state index contributed by atoms with van der Waals surface area (Å²) >= 11 is 0. The van der Waals surface area contributed by atoms with Crippen LogP contribution in [0, 0.1) is 11.2 Å². The summed E-state index contributed by atoms with van der Waals surface area (Å²) in [7, 11) is 0. The summed E-state index contributed by atoms with van der Waals surface area (Å²) in [6.07, 6.45) is 1.65. The van der Waals surface area contributed by atoms with Gasteiger partial charge in [0.15, 0.2) is 0 Å². The van der Waals surface area contributed by atoms with E-state index in [1.54, 1.807) is 0 Å². The zero-order chi connectivity index (χ0) is 7.56. The van der Waals surface area contributed by atoms with Crippen LogP contribution in [0.5, 0.6) is 0 Å². The van der Waals surface area contributed by atoms with E-state index in [0.29, 0.717) is 0 Å². The monoisotopic (exact) mass is 144 g/mol. The molecule has 4 nitrogen and oxygen atoms in total. The van der Waals surface area contributed by atoms with Crippen LogP contribution < -0.4 is 4.73 Å². The van der Waals surface area contributed by atoms with Crippen LogP contribution in [0.4, 0.5) is 4.39 Å². The van der Waals surface area contributed by atoms with Gasteiger partial charge in [0.1, 0.15) is 11.9 Å². The molecule has 0 atom stereocenters. The fourth-order valence-corrected chi connectivity index (χ4v) is 0.505. The van der Waals surface area contributed by atoms with Crippen molar-refractivity contribution in [3.63, 3.8) is 0 Å². The third-order valence-corrected chi connectivity index (χ3v) is 0.976. The molecule has 1 aromatic heterocycles. The van der Waals surface area contributed by atoms with Crippen molar-refractivity contribution in [2.24, 2.45) is 0 Å². The summed E-state index contributed by atoms with van der Waals surface area (Å²) in [6, 6.07) is 0. The van der Waals surface area contributed by atoms with Gasteiger partial charge in [0, 0.05) is 0 Å². The van der Waals surface area contributed by atoms with Gasteiger partial charge in [-0.25, -0.2) is 4.98 Å². The largest absolute Gasteiger partial charge is 0.617 e. The predicted molar refractivity (Wildman–Crippen MR) is 29.1 cm³/mol. The summed E-state index contributed by atoms with van der Waals surface area (Å²) in [5.41, 5.74) is 0.149. The molecule has 0 aliphatic heterocycles. The Bertz CT molecular complexity index is 241. The zero-order valence-corrected chi connectivity index (χ0v) is 4.99. The average molecular weight is 144 g/mol.